The second kappa shape index (κ2) is 3.78. The zero-order valence-electron chi connectivity index (χ0n) is 10.3. The average molecular weight is 236 g/mol. The molecule has 0 bridgehead atoms. The first kappa shape index (κ1) is 10.7. The molecule has 1 aromatic heterocycles. The number of nitriles is 1. The summed E-state index contributed by atoms with van der Waals surface area (Å²) in [5.74, 6) is 0.842. The molecule has 0 amide bonds. The van der Waals surface area contributed by atoms with Gasteiger partial charge in [-0.2, -0.15) is 5.26 Å². The number of benzene rings is 2. The summed E-state index contributed by atoms with van der Waals surface area (Å²) in [4.78, 5) is 0. The van der Waals surface area contributed by atoms with Crippen LogP contribution in [0.4, 0.5) is 0 Å². The number of nitrogens with zero attached hydrogens (tertiary/aromatic N) is 2. The molecule has 88 valence electrons. The Morgan fingerprint density at radius 1 is 1.06 bits per heavy atom. The fraction of sp³-hybridized carbons (Fsp3) is 0.133. The third-order valence-corrected chi connectivity index (χ3v) is 3.34. The zero-order valence-corrected chi connectivity index (χ0v) is 10.3. The minimum absolute atomic E-state index is 0.681. The van der Waals surface area contributed by atoms with E-state index in [0.717, 1.165) is 22.2 Å². The summed E-state index contributed by atoms with van der Waals surface area (Å²) in [6, 6.07) is 14.0. The Labute approximate surface area is 105 Å². The van der Waals surface area contributed by atoms with Crippen LogP contribution in [0.2, 0.25) is 0 Å². The van der Waals surface area contributed by atoms with E-state index in [1.54, 1.807) is 7.11 Å². The standard InChI is InChI=1S/C15H12N2O/c1-17-14-7-10(9-16)3-5-12(14)13-6-4-11(18-2)8-15(13)17/h3-8H,1-2H3. The van der Waals surface area contributed by atoms with Crippen molar-refractivity contribution in [2.75, 3.05) is 7.11 Å². The number of hydrogen-bond donors (Lipinski definition) is 0. The summed E-state index contributed by atoms with van der Waals surface area (Å²) in [5, 5.41) is 11.3. The highest BCUT2D eigenvalue weighted by Crippen LogP contribution is 2.31. The van der Waals surface area contributed by atoms with Gasteiger partial charge in [-0.25, -0.2) is 0 Å². The van der Waals surface area contributed by atoms with Crippen molar-refractivity contribution in [2.24, 2.45) is 7.05 Å². The molecular weight excluding hydrogens is 224 g/mol. The van der Waals surface area contributed by atoms with Gasteiger partial charge in [-0.05, 0) is 24.3 Å². The van der Waals surface area contributed by atoms with Gasteiger partial charge in [-0.3, -0.25) is 0 Å². The van der Waals surface area contributed by atoms with E-state index in [2.05, 4.69) is 16.7 Å². The number of fused-ring (bicyclic) bond motifs is 3. The van der Waals surface area contributed by atoms with Crippen LogP contribution in [-0.2, 0) is 7.05 Å². The largest absolute Gasteiger partial charge is 0.497 e. The van der Waals surface area contributed by atoms with Crippen LogP contribution in [0.5, 0.6) is 5.75 Å². The highest BCUT2D eigenvalue weighted by Gasteiger charge is 2.09. The van der Waals surface area contributed by atoms with Gasteiger partial charge in [0.25, 0.3) is 0 Å². The zero-order chi connectivity index (χ0) is 12.7. The minimum atomic E-state index is 0.681. The van der Waals surface area contributed by atoms with Crippen molar-refractivity contribution in [1.29, 1.82) is 5.26 Å². The monoisotopic (exact) mass is 236 g/mol. The van der Waals surface area contributed by atoms with E-state index in [4.69, 9.17) is 10.00 Å². The fourth-order valence-electron chi connectivity index (χ4n) is 2.38. The summed E-state index contributed by atoms with van der Waals surface area (Å²) in [6.45, 7) is 0. The molecule has 3 heteroatoms. The van der Waals surface area contributed by atoms with Crippen LogP contribution in [0.3, 0.4) is 0 Å². The minimum Gasteiger partial charge on any atom is -0.497 e. The van der Waals surface area contributed by atoms with Crippen LogP contribution in [-0.4, -0.2) is 11.7 Å². The molecule has 2 aromatic carbocycles. The maximum Gasteiger partial charge on any atom is 0.120 e. The van der Waals surface area contributed by atoms with Crippen LogP contribution in [0.15, 0.2) is 36.4 Å². The first-order valence-electron chi connectivity index (χ1n) is 5.71. The maximum absolute atomic E-state index is 8.97. The van der Waals surface area contributed by atoms with Crippen molar-refractivity contribution in [3.63, 3.8) is 0 Å². The Morgan fingerprint density at radius 3 is 2.39 bits per heavy atom. The number of aryl methyl sites for hydroxylation is 1. The molecule has 0 atom stereocenters. The fourth-order valence-corrected chi connectivity index (χ4v) is 2.38. The summed E-state index contributed by atoms with van der Waals surface area (Å²) in [5.41, 5.74) is 2.86. The van der Waals surface area contributed by atoms with Crippen LogP contribution in [0.25, 0.3) is 21.8 Å². The topological polar surface area (TPSA) is 37.9 Å². The van der Waals surface area contributed by atoms with Gasteiger partial charge in [0.2, 0.25) is 0 Å². The third kappa shape index (κ3) is 1.36. The normalized spacial score (nSPS) is 10.7. The van der Waals surface area contributed by atoms with Crippen molar-refractivity contribution in [3.8, 4) is 11.8 Å². The van der Waals surface area contributed by atoms with E-state index in [0.29, 0.717) is 5.56 Å². The lowest BCUT2D eigenvalue weighted by molar-refractivity contribution is 0.415. The van der Waals surface area contributed by atoms with E-state index in [1.165, 1.54) is 5.39 Å². The smallest absolute Gasteiger partial charge is 0.120 e. The Hall–Kier alpha value is -2.47. The first-order chi connectivity index (χ1) is 8.74. The average Bonchev–Trinajstić information content (AvgIpc) is 2.71. The lowest BCUT2D eigenvalue weighted by Gasteiger charge is -2.01. The summed E-state index contributed by atoms with van der Waals surface area (Å²) in [7, 11) is 3.67. The summed E-state index contributed by atoms with van der Waals surface area (Å²) >= 11 is 0. The number of rotatable bonds is 1. The molecule has 18 heavy (non-hydrogen) atoms. The van der Waals surface area contributed by atoms with Gasteiger partial charge < -0.3 is 9.30 Å². The van der Waals surface area contributed by atoms with Gasteiger partial charge in [-0.15, -0.1) is 0 Å². The number of ether oxygens (including phenoxy) is 1. The van der Waals surface area contributed by atoms with Crippen LogP contribution >= 0.6 is 0 Å². The lowest BCUT2D eigenvalue weighted by Crippen LogP contribution is -1.88. The van der Waals surface area contributed by atoms with E-state index in [1.807, 2.05) is 37.4 Å². The summed E-state index contributed by atoms with van der Waals surface area (Å²) in [6.07, 6.45) is 0. The molecule has 0 spiro atoms. The molecule has 3 rings (SSSR count). The van der Waals surface area contributed by atoms with Crippen LogP contribution in [0, 0.1) is 11.3 Å². The molecule has 0 aliphatic heterocycles. The van der Waals surface area contributed by atoms with Gasteiger partial charge in [0.1, 0.15) is 5.75 Å². The second-order valence-corrected chi connectivity index (χ2v) is 4.29. The first-order valence-corrected chi connectivity index (χ1v) is 5.71. The second-order valence-electron chi connectivity index (χ2n) is 4.29. The molecule has 0 saturated heterocycles. The summed E-state index contributed by atoms with van der Waals surface area (Å²) < 4.78 is 7.34. The Kier molecular flexibility index (Phi) is 2.24. The number of aromatic nitrogens is 1. The Morgan fingerprint density at radius 2 is 1.72 bits per heavy atom. The molecule has 0 aliphatic carbocycles. The van der Waals surface area contributed by atoms with Gasteiger partial charge >= 0.3 is 0 Å². The van der Waals surface area contributed by atoms with Crippen molar-refractivity contribution >= 4 is 21.8 Å². The molecule has 3 aromatic rings. The number of hydrogen-bond acceptors (Lipinski definition) is 2. The van der Waals surface area contributed by atoms with Gasteiger partial charge in [0.15, 0.2) is 0 Å². The molecule has 0 N–H and O–H groups in total. The Balaban J connectivity index is 2.46. The van der Waals surface area contributed by atoms with E-state index in [9.17, 15) is 0 Å². The van der Waals surface area contributed by atoms with E-state index >= 15 is 0 Å². The van der Waals surface area contributed by atoms with Crippen molar-refractivity contribution in [1.82, 2.24) is 4.57 Å². The van der Waals surface area contributed by atoms with Crippen LogP contribution < -0.4 is 4.74 Å². The Bertz CT molecular complexity index is 793. The predicted molar refractivity (Wildman–Crippen MR) is 71.7 cm³/mol. The molecule has 0 unspecified atom stereocenters. The predicted octanol–water partition coefficient (Wildman–Crippen LogP) is 3.21. The van der Waals surface area contributed by atoms with Gasteiger partial charge in [0, 0.05) is 23.9 Å². The quantitative estimate of drug-likeness (QED) is 0.650. The van der Waals surface area contributed by atoms with Gasteiger partial charge in [-0.1, -0.05) is 6.07 Å². The highest BCUT2D eigenvalue weighted by atomic mass is 16.5. The molecule has 0 aliphatic rings. The molecule has 0 saturated carbocycles. The highest BCUT2D eigenvalue weighted by molar-refractivity contribution is 6.08. The molecular formula is C15H12N2O. The maximum atomic E-state index is 8.97. The molecule has 1 heterocycles. The molecule has 0 fully saturated rings. The lowest BCUT2D eigenvalue weighted by atomic mass is 10.1. The van der Waals surface area contributed by atoms with E-state index < -0.39 is 0 Å². The molecule has 3 nitrogen and oxygen atoms in total. The van der Waals surface area contributed by atoms with Crippen molar-refractivity contribution in [3.05, 3.63) is 42.0 Å². The van der Waals surface area contributed by atoms with Crippen LogP contribution in [0.1, 0.15) is 5.56 Å². The molecule has 0 radical (unpaired) electrons. The number of methoxy groups -OCH3 is 1. The van der Waals surface area contributed by atoms with E-state index in [-0.39, 0.29) is 0 Å². The van der Waals surface area contributed by atoms with Crippen molar-refractivity contribution < 1.29 is 4.74 Å². The van der Waals surface area contributed by atoms with Crippen molar-refractivity contribution in [2.45, 2.75) is 0 Å². The SMILES string of the molecule is COc1ccc2c3ccc(C#N)cc3n(C)c2c1. The van der Waals surface area contributed by atoms with Gasteiger partial charge in [0.05, 0.1) is 29.8 Å². The third-order valence-electron chi connectivity index (χ3n) is 3.34.